The summed E-state index contributed by atoms with van der Waals surface area (Å²) in [6, 6.07) is 5.63. The Morgan fingerprint density at radius 1 is 1.60 bits per heavy atom. The van der Waals surface area contributed by atoms with Crippen LogP contribution in [0.4, 0.5) is 0 Å². The number of hydrogen-bond donors (Lipinski definition) is 0. The van der Waals surface area contributed by atoms with Gasteiger partial charge in [-0.1, -0.05) is 17.7 Å². The second kappa shape index (κ2) is 4.16. The highest BCUT2D eigenvalue weighted by Gasteiger charge is 2.06. The van der Waals surface area contributed by atoms with E-state index < -0.39 is 0 Å². The Bertz CT molecular complexity index is 509. The number of fused-ring (bicyclic) bond motifs is 1. The lowest BCUT2D eigenvalue weighted by atomic mass is 10.1. The van der Waals surface area contributed by atoms with E-state index in [0.29, 0.717) is 4.47 Å². The molecule has 0 amide bonds. The minimum Gasteiger partial charge on any atom is -0.469 e. The van der Waals surface area contributed by atoms with Gasteiger partial charge >= 0.3 is 5.97 Å². The summed E-state index contributed by atoms with van der Waals surface area (Å²) in [6.07, 6.45) is 0.280. The van der Waals surface area contributed by atoms with Crippen LogP contribution in [0.15, 0.2) is 18.2 Å². The Morgan fingerprint density at radius 3 is 3.13 bits per heavy atom. The summed E-state index contributed by atoms with van der Waals surface area (Å²) >= 11 is 7.19. The third-order valence-corrected chi connectivity index (χ3v) is 3.13. The summed E-state index contributed by atoms with van der Waals surface area (Å²) in [6.45, 7) is 0. The maximum atomic E-state index is 11.1. The summed E-state index contributed by atoms with van der Waals surface area (Å²) in [7, 11) is 1.38. The number of hydrogen-bond acceptors (Lipinski definition) is 4. The van der Waals surface area contributed by atoms with Crippen molar-refractivity contribution in [2.24, 2.45) is 0 Å². The molecule has 0 saturated heterocycles. The molecule has 0 fully saturated rings. The molecule has 1 heterocycles. The van der Waals surface area contributed by atoms with Crippen LogP contribution in [0.5, 0.6) is 0 Å². The summed E-state index contributed by atoms with van der Waals surface area (Å²) in [5.41, 5.74) is 1.77. The number of thiazole rings is 1. The lowest BCUT2D eigenvalue weighted by molar-refractivity contribution is -0.139. The van der Waals surface area contributed by atoms with Crippen LogP contribution in [0.2, 0.25) is 4.47 Å². The zero-order valence-corrected chi connectivity index (χ0v) is 9.56. The number of rotatable bonds is 2. The molecule has 0 saturated carbocycles. The van der Waals surface area contributed by atoms with Gasteiger partial charge in [-0.2, -0.15) is 0 Å². The third-order valence-electron chi connectivity index (χ3n) is 2.00. The number of carbonyl (C=O) groups excluding carboxylic acids is 1. The monoisotopic (exact) mass is 241 g/mol. The molecule has 0 atom stereocenters. The van der Waals surface area contributed by atoms with E-state index in [4.69, 9.17) is 11.6 Å². The molecule has 0 unspecified atom stereocenters. The molecule has 0 aliphatic carbocycles. The fourth-order valence-electron chi connectivity index (χ4n) is 1.29. The van der Waals surface area contributed by atoms with Crippen molar-refractivity contribution >= 4 is 39.1 Å². The maximum absolute atomic E-state index is 11.1. The van der Waals surface area contributed by atoms with E-state index in [-0.39, 0.29) is 12.4 Å². The Morgan fingerprint density at radius 2 is 2.40 bits per heavy atom. The molecular formula is C10H8ClNO2S. The van der Waals surface area contributed by atoms with E-state index in [1.807, 2.05) is 18.2 Å². The van der Waals surface area contributed by atoms with Gasteiger partial charge in [0.1, 0.15) is 0 Å². The molecule has 0 radical (unpaired) electrons. The minimum absolute atomic E-state index is 0.245. The van der Waals surface area contributed by atoms with Crippen molar-refractivity contribution < 1.29 is 9.53 Å². The molecule has 15 heavy (non-hydrogen) atoms. The standard InChI is InChI=1S/C10H8ClNO2S/c1-14-9(13)5-6-2-3-7-8(4-6)15-10(11)12-7/h2-4H,5H2,1H3. The van der Waals surface area contributed by atoms with Gasteiger partial charge in [-0.25, -0.2) is 4.98 Å². The van der Waals surface area contributed by atoms with Crippen molar-refractivity contribution in [1.82, 2.24) is 4.98 Å². The smallest absolute Gasteiger partial charge is 0.309 e. The molecule has 0 aliphatic rings. The van der Waals surface area contributed by atoms with Crippen LogP contribution in [0.3, 0.4) is 0 Å². The number of aromatic nitrogens is 1. The third kappa shape index (κ3) is 2.27. The van der Waals surface area contributed by atoms with Crippen LogP contribution >= 0.6 is 22.9 Å². The van der Waals surface area contributed by atoms with Gasteiger partial charge in [0.2, 0.25) is 0 Å². The van der Waals surface area contributed by atoms with E-state index in [2.05, 4.69) is 9.72 Å². The van der Waals surface area contributed by atoms with Gasteiger partial charge < -0.3 is 4.74 Å². The topological polar surface area (TPSA) is 39.2 Å². The van der Waals surface area contributed by atoms with E-state index in [0.717, 1.165) is 15.8 Å². The van der Waals surface area contributed by atoms with Gasteiger partial charge in [0, 0.05) is 0 Å². The van der Waals surface area contributed by atoms with Gasteiger partial charge in [0.15, 0.2) is 4.47 Å². The summed E-state index contributed by atoms with van der Waals surface area (Å²) in [5, 5.41) is 0. The Kier molecular flexibility index (Phi) is 2.88. The quantitative estimate of drug-likeness (QED) is 0.759. The van der Waals surface area contributed by atoms with Crippen molar-refractivity contribution in [2.75, 3.05) is 7.11 Å². The van der Waals surface area contributed by atoms with Crippen LogP contribution in [0.1, 0.15) is 5.56 Å². The molecule has 2 aromatic rings. The van der Waals surface area contributed by atoms with Crippen LogP contribution in [0.25, 0.3) is 10.2 Å². The van der Waals surface area contributed by atoms with Crippen LogP contribution < -0.4 is 0 Å². The molecule has 2 rings (SSSR count). The molecule has 0 bridgehead atoms. The van der Waals surface area contributed by atoms with Gasteiger partial charge in [0.05, 0.1) is 23.7 Å². The lowest BCUT2D eigenvalue weighted by Crippen LogP contribution is -2.03. The van der Waals surface area contributed by atoms with Crippen molar-refractivity contribution in [3.63, 3.8) is 0 Å². The van der Waals surface area contributed by atoms with E-state index in [1.54, 1.807) is 0 Å². The first-order valence-electron chi connectivity index (χ1n) is 4.31. The molecule has 78 valence electrons. The average Bonchev–Trinajstić information content (AvgIpc) is 2.57. The Balaban J connectivity index is 2.33. The van der Waals surface area contributed by atoms with Crippen molar-refractivity contribution in [1.29, 1.82) is 0 Å². The molecule has 5 heteroatoms. The van der Waals surface area contributed by atoms with Crippen molar-refractivity contribution in [2.45, 2.75) is 6.42 Å². The highest BCUT2D eigenvalue weighted by molar-refractivity contribution is 7.22. The van der Waals surface area contributed by atoms with Crippen molar-refractivity contribution in [3.8, 4) is 0 Å². The van der Waals surface area contributed by atoms with Gasteiger partial charge in [-0.05, 0) is 17.7 Å². The fourth-order valence-corrected chi connectivity index (χ4v) is 2.38. The summed E-state index contributed by atoms with van der Waals surface area (Å²) in [4.78, 5) is 15.2. The SMILES string of the molecule is COC(=O)Cc1ccc2nc(Cl)sc2c1. The largest absolute Gasteiger partial charge is 0.469 e. The number of benzene rings is 1. The summed E-state index contributed by atoms with van der Waals surface area (Å²) in [5.74, 6) is -0.245. The first kappa shape index (κ1) is 10.4. The molecular weight excluding hydrogens is 234 g/mol. The highest BCUT2D eigenvalue weighted by atomic mass is 35.5. The van der Waals surface area contributed by atoms with Crippen molar-refractivity contribution in [3.05, 3.63) is 28.2 Å². The Hall–Kier alpha value is -1.13. The average molecular weight is 242 g/mol. The number of methoxy groups -OCH3 is 1. The van der Waals surface area contributed by atoms with Crippen LogP contribution in [-0.4, -0.2) is 18.1 Å². The number of ether oxygens (including phenoxy) is 1. The Labute approximate surface area is 95.6 Å². The van der Waals surface area contributed by atoms with Gasteiger partial charge in [-0.3, -0.25) is 4.79 Å². The second-order valence-electron chi connectivity index (χ2n) is 3.02. The number of carbonyl (C=O) groups is 1. The predicted octanol–water partition coefficient (Wildman–Crippen LogP) is 2.67. The number of halogens is 1. The molecule has 0 aliphatic heterocycles. The number of esters is 1. The predicted molar refractivity (Wildman–Crippen MR) is 60.4 cm³/mol. The maximum Gasteiger partial charge on any atom is 0.309 e. The molecule has 1 aromatic carbocycles. The lowest BCUT2D eigenvalue weighted by Gasteiger charge is -1.98. The molecule has 0 N–H and O–H groups in total. The summed E-state index contributed by atoms with van der Waals surface area (Å²) < 4.78 is 6.10. The second-order valence-corrected chi connectivity index (χ2v) is 4.63. The first-order chi connectivity index (χ1) is 7.19. The molecule has 3 nitrogen and oxygen atoms in total. The molecule has 0 spiro atoms. The van der Waals surface area contributed by atoms with E-state index in [9.17, 15) is 4.79 Å². The zero-order valence-electron chi connectivity index (χ0n) is 7.99. The van der Waals surface area contributed by atoms with Gasteiger partial charge in [0.25, 0.3) is 0 Å². The van der Waals surface area contributed by atoms with Crippen LogP contribution in [0, 0.1) is 0 Å². The molecule has 1 aromatic heterocycles. The highest BCUT2D eigenvalue weighted by Crippen LogP contribution is 2.26. The number of nitrogens with zero attached hydrogens (tertiary/aromatic N) is 1. The van der Waals surface area contributed by atoms with E-state index >= 15 is 0 Å². The fraction of sp³-hybridized carbons (Fsp3) is 0.200. The van der Waals surface area contributed by atoms with Crippen LogP contribution in [-0.2, 0) is 16.0 Å². The minimum atomic E-state index is -0.245. The van der Waals surface area contributed by atoms with E-state index in [1.165, 1.54) is 18.4 Å². The normalized spacial score (nSPS) is 10.5. The zero-order chi connectivity index (χ0) is 10.8. The van der Waals surface area contributed by atoms with Gasteiger partial charge in [-0.15, -0.1) is 11.3 Å². The first-order valence-corrected chi connectivity index (χ1v) is 5.50.